The average molecular weight is 377 g/mol. The molecule has 0 aromatic heterocycles. The summed E-state index contributed by atoms with van der Waals surface area (Å²) in [4.78, 5) is 26.2. The summed E-state index contributed by atoms with van der Waals surface area (Å²) >= 11 is 3.37. The molecule has 1 N–H and O–H groups in total. The maximum absolute atomic E-state index is 13.0. The molecule has 23 heavy (non-hydrogen) atoms. The molecule has 4 nitrogen and oxygen atoms in total. The summed E-state index contributed by atoms with van der Waals surface area (Å²) in [5, 5.41) is 2.75. The number of carbonyl (C=O) groups excluding carboxylic acids is 2. The molecule has 1 atom stereocenters. The number of urea groups is 1. The molecule has 2 aromatic carbocycles. The van der Waals surface area contributed by atoms with Crippen LogP contribution in [0.1, 0.15) is 18.1 Å². The van der Waals surface area contributed by atoms with Crippen molar-refractivity contribution in [1.82, 2.24) is 10.2 Å². The first-order valence-electron chi connectivity index (χ1n) is 7.05. The Kier molecular flexibility index (Phi) is 3.93. The van der Waals surface area contributed by atoms with Crippen molar-refractivity contribution in [3.8, 4) is 0 Å². The van der Waals surface area contributed by atoms with Crippen LogP contribution in [0.25, 0.3) is 0 Å². The molecule has 0 spiro atoms. The zero-order chi connectivity index (χ0) is 16.6. The minimum absolute atomic E-state index is 0.106. The Hall–Kier alpha value is -2.21. The largest absolute Gasteiger partial charge is 0.325 e. The fourth-order valence-corrected chi connectivity index (χ4v) is 3.01. The molecule has 0 saturated carbocycles. The SMILES string of the molecule is CC1(c2cccc(Br)c2)NC(=O)N(Cc2ccc(F)cc2)C1=O. The third-order valence-corrected chi connectivity index (χ3v) is 4.42. The van der Waals surface area contributed by atoms with Crippen molar-refractivity contribution in [2.24, 2.45) is 0 Å². The summed E-state index contributed by atoms with van der Waals surface area (Å²) < 4.78 is 13.8. The monoisotopic (exact) mass is 376 g/mol. The van der Waals surface area contributed by atoms with Crippen LogP contribution < -0.4 is 5.32 Å². The highest BCUT2D eigenvalue weighted by Crippen LogP contribution is 2.31. The number of amides is 3. The second-order valence-electron chi connectivity index (χ2n) is 5.58. The Morgan fingerprint density at radius 2 is 1.87 bits per heavy atom. The average Bonchev–Trinajstić information content (AvgIpc) is 2.74. The van der Waals surface area contributed by atoms with Gasteiger partial charge < -0.3 is 5.32 Å². The second kappa shape index (κ2) is 5.77. The van der Waals surface area contributed by atoms with Gasteiger partial charge in [0.2, 0.25) is 0 Å². The summed E-state index contributed by atoms with van der Waals surface area (Å²) in [5.41, 5.74) is 0.279. The van der Waals surface area contributed by atoms with Gasteiger partial charge in [0.1, 0.15) is 11.4 Å². The third kappa shape index (κ3) is 2.86. The molecular weight excluding hydrogens is 363 g/mol. The molecule has 3 amide bonds. The third-order valence-electron chi connectivity index (χ3n) is 3.93. The van der Waals surface area contributed by atoms with E-state index in [9.17, 15) is 14.0 Å². The summed E-state index contributed by atoms with van der Waals surface area (Å²) in [5.74, 6) is -0.685. The van der Waals surface area contributed by atoms with E-state index in [0.717, 1.165) is 9.37 Å². The molecule has 1 unspecified atom stereocenters. The molecule has 0 aliphatic carbocycles. The van der Waals surface area contributed by atoms with Crippen LogP contribution in [0.15, 0.2) is 53.0 Å². The lowest BCUT2D eigenvalue weighted by atomic mass is 9.92. The van der Waals surface area contributed by atoms with Crippen LogP contribution in [0.4, 0.5) is 9.18 Å². The Bertz CT molecular complexity index is 778. The number of halogens is 2. The van der Waals surface area contributed by atoms with Crippen LogP contribution >= 0.6 is 15.9 Å². The first-order chi connectivity index (χ1) is 10.9. The van der Waals surface area contributed by atoms with E-state index in [1.165, 1.54) is 12.1 Å². The lowest BCUT2D eigenvalue weighted by Gasteiger charge is -2.22. The molecular formula is C17H14BrFN2O2. The maximum Gasteiger partial charge on any atom is 0.325 e. The number of rotatable bonds is 3. The van der Waals surface area contributed by atoms with E-state index < -0.39 is 11.6 Å². The first kappa shape index (κ1) is 15.7. The van der Waals surface area contributed by atoms with E-state index in [-0.39, 0.29) is 18.3 Å². The number of nitrogens with one attached hydrogen (secondary N) is 1. The van der Waals surface area contributed by atoms with Gasteiger partial charge in [0.25, 0.3) is 5.91 Å². The van der Waals surface area contributed by atoms with Crippen LogP contribution in [-0.4, -0.2) is 16.8 Å². The van der Waals surface area contributed by atoms with Gasteiger partial charge in [-0.15, -0.1) is 0 Å². The Balaban J connectivity index is 1.89. The van der Waals surface area contributed by atoms with E-state index in [2.05, 4.69) is 21.2 Å². The predicted octanol–water partition coefficient (Wildman–Crippen LogP) is 3.56. The predicted molar refractivity (Wildman–Crippen MR) is 87.0 cm³/mol. The fourth-order valence-electron chi connectivity index (χ4n) is 2.61. The lowest BCUT2D eigenvalue weighted by Crippen LogP contribution is -2.40. The quantitative estimate of drug-likeness (QED) is 0.832. The zero-order valence-corrected chi connectivity index (χ0v) is 13.9. The van der Waals surface area contributed by atoms with Gasteiger partial charge in [-0.25, -0.2) is 9.18 Å². The van der Waals surface area contributed by atoms with Gasteiger partial charge in [0.05, 0.1) is 6.54 Å². The van der Waals surface area contributed by atoms with E-state index in [1.54, 1.807) is 31.2 Å². The Labute approximate surface area is 141 Å². The van der Waals surface area contributed by atoms with Crippen molar-refractivity contribution in [2.45, 2.75) is 19.0 Å². The highest BCUT2D eigenvalue weighted by molar-refractivity contribution is 9.10. The highest BCUT2D eigenvalue weighted by atomic mass is 79.9. The molecule has 1 heterocycles. The van der Waals surface area contributed by atoms with Crippen LogP contribution in [0.2, 0.25) is 0 Å². The van der Waals surface area contributed by atoms with Gasteiger partial charge in [0, 0.05) is 4.47 Å². The topological polar surface area (TPSA) is 49.4 Å². The van der Waals surface area contributed by atoms with Gasteiger partial charge in [-0.3, -0.25) is 9.69 Å². The zero-order valence-electron chi connectivity index (χ0n) is 12.3. The molecule has 0 bridgehead atoms. The molecule has 118 valence electrons. The molecule has 6 heteroatoms. The minimum Gasteiger partial charge on any atom is -0.319 e. The molecule has 1 aliphatic rings. The van der Waals surface area contributed by atoms with E-state index in [4.69, 9.17) is 0 Å². The molecule has 1 aliphatic heterocycles. The van der Waals surface area contributed by atoms with Gasteiger partial charge >= 0.3 is 6.03 Å². The molecule has 3 rings (SSSR count). The van der Waals surface area contributed by atoms with Crippen LogP contribution in [0, 0.1) is 5.82 Å². The molecule has 1 saturated heterocycles. The van der Waals surface area contributed by atoms with Crippen LogP contribution in [0.3, 0.4) is 0 Å². The Morgan fingerprint density at radius 1 is 1.17 bits per heavy atom. The number of hydrogen-bond acceptors (Lipinski definition) is 2. The number of benzene rings is 2. The number of hydrogen-bond donors (Lipinski definition) is 1. The number of nitrogens with zero attached hydrogens (tertiary/aromatic N) is 1. The standard InChI is InChI=1S/C17H14BrFN2O2/c1-17(12-3-2-4-13(18)9-12)15(22)21(16(23)20-17)10-11-5-7-14(19)8-6-11/h2-9H,10H2,1H3,(H,20,23). The smallest absolute Gasteiger partial charge is 0.319 e. The minimum atomic E-state index is -1.11. The van der Waals surface area contributed by atoms with Crippen molar-refractivity contribution < 1.29 is 14.0 Å². The van der Waals surface area contributed by atoms with Gasteiger partial charge in [0.15, 0.2) is 0 Å². The molecule has 1 fully saturated rings. The molecule has 2 aromatic rings. The first-order valence-corrected chi connectivity index (χ1v) is 7.84. The second-order valence-corrected chi connectivity index (χ2v) is 6.50. The van der Waals surface area contributed by atoms with Crippen molar-refractivity contribution in [2.75, 3.05) is 0 Å². The normalized spacial score (nSPS) is 20.7. The fraction of sp³-hybridized carbons (Fsp3) is 0.176. The highest BCUT2D eigenvalue weighted by Gasteiger charge is 2.48. The van der Waals surface area contributed by atoms with Gasteiger partial charge in [-0.2, -0.15) is 0 Å². The van der Waals surface area contributed by atoms with Crippen molar-refractivity contribution in [3.63, 3.8) is 0 Å². The lowest BCUT2D eigenvalue weighted by molar-refractivity contribution is -0.131. The maximum atomic E-state index is 13.0. The number of carbonyl (C=O) groups is 2. The summed E-state index contributed by atoms with van der Waals surface area (Å²) in [6.45, 7) is 1.79. The summed E-state index contributed by atoms with van der Waals surface area (Å²) in [7, 11) is 0. The van der Waals surface area contributed by atoms with Crippen molar-refractivity contribution in [3.05, 3.63) is 69.9 Å². The van der Waals surface area contributed by atoms with E-state index in [0.29, 0.717) is 11.1 Å². The van der Waals surface area contributed by atoms with Crippen molar-refractivity contribution >= 4 is 27.9 Å². The van der Waals surface area contributed by atoms with Crippen LogP contribution in [-0.2, 0) is 16.9 Å². The van der Waals surface area contributed by atoms with Gasteiger partial charge in [-0.05, 0) is 42.3 Å². The Morgan fingerprint density at radius 3 is 2.52 bits per heavy atom. The number of imide groups is 1. The van der Waals surface area contributed by atoms with E-state index >= 15 is 0 Å². The van der Waals surface area contributed by atoms with Gasteiger partial charge in [-0.1, -0.05) is 40.2 Å². The summed E-state index contributed by atoms with van der Waals surface area (Å²) in [6.07, 6.45) is 0. The van der Waals surface area contributed by atoms with Crippen molar-refractivity contribution in [1.29, 1.82) is 0 Å². The molecule has 0 radical (unpaired) electrons. The van der Waals surface area contributed by atoms with Crippen LogP contribution in [0.5, 0.6) is 0 Å². The summed E-state index contributed by atoms with van der Waals surface area (Å²) in [6, 6.07) is 12.5. The van der Waals surface area contributed by atoms with E-state index in [1.807, 2.05) is 12.1 Å².